The van der Waals surface area contributed by atoms with E-state index in [2.05, 4.69) is 4.98 Å². The predicted octanol–water partition coefficient (Wildman–Crippen LogP) is 1.22. The summed E-state index contributed by atoms with van der Waals surface area (Å²) < 4.78 is 7.32. The van der Waals surface area contributed by atoms with Gasteiger partial charge in [-0.25, -0.2) is 4.98 Å². The third-order valence-electron chi connectivity index (χ3n) is 4.09. The molecule has 7 nitrogen and oxygen atoms in total. The number of benzene rings is 1. The Balaban J connectivity index is 1.69. The van der Waals surface area contributed by atoms with Crippen LogP contribution in [-0.4, -0.2) is 46.0 Å². The number of aromatic nitrogens is 2. The molecule has 0 saturated carbocycles. The first-order valence-electron chi connectivity index (χ1n) is 7.91. The molecular weight excluding hydrogens is 308 g/mol. The van der Waals surface area contributed by atoms with Crippen LogP contribution in [-0.2, 0) is 4.79 Å². The third kappa shape index (κ3) is 3.73. The fraction of sp³-hybridized carbons (Fsp3) is 0.353. The van der Waals surface area contributed by atoms with Crippen molar-refractivity contribution in [2.24, 2.45) is 5.73 Å². The third-order valence-corrected chi connectivity index (χ3v) is 4.09. The van der Waals surface area contributed by atoms with Crippen LogP contribution in [0.3, 0.4) is 0 Å². The minimum absolute atomic E-state index is 0.0376. The van der Waals surface area contributed by atoms with Crippen LogP contribution in [0.2, 0.25) is 0 Å². The molecule has 1 atom stereocenters. The molecule has 24 heavy (non-hydrogen) atoms. The number of nitrogens with two attached hydrogens (primary N) is 1. The van der Waals surface area contributed by atoms with Gasteiger partial charge in [0, 0.05) is 31.0 Å². The fourth-order valence-corrected chi connectivity index (χ4v) is 2.92. The number of hydrogen-bond acceptors (Lipinski definition) is 4. The summed E-state index contributed by atoms with van der Waals surface area (Å²) in [6, 6.07) is 7.08. The van der Waals surface area contributed by atoms with Gasteiger partial charge in [0.1, 0.15) is 5.75 Å². The zero-order chi connectivity index (χ0) is 16.9. The van der Waals surface area contributed by atoms with Gasteiger partial charge in [-0.3, -0.25) is 9.59 Å². The smallest absolute Gasteiger partial charge is 0.255 e. The molecule has 1 aromatic heterocycles. The van der Waals surface area contributed by atoms with Crippen molar-refractivity contribution >= 4 is 11.8 Å². The van der Waals surface area contributed by atoms with Gasteiger partial charge in [0.15, 0.2) is 6.61 Å². The first-order valence-corrected chi connectivity index (χ1v) is 7.91. The number of likely N-dealkylation sites (tertiary alicyclic amines) is 1. The van der Waals surface area contributed by atoms with E-state index in [0.717, 1.165) is 19.4 Å². The molecule has 2 N–H and O–H groups in total. The maximum Gasteiger partial charge on any atom is 0.255 e. The summed E-state index contributed by atoms with van der Waals surface area (Å²) in [5, 5.41) is 0. The van der Waals surface area contributed by atoms with E-state index >= 15 is 0 Å². The number of imidazole rings is 1. The van der Waals surface area contributed by atoms with Crippen molar-refractivity contribution in [3.8, 4) is 5.75 Å². The molecule has 1 aliphatic heterocycles. The van der Waals surface area contributed by atoms with Crippen LogP contribution >= 0.6 is 0 Å². The highest BCUT2D eigenvalue weighted by Gasteiger charge is 2.25. The molecular formula is C17H20N4O3. The molecule has 2 aromatic rings. The maximum absolute atomic E-state index is 12.8. The average molecular weight is 328 g/mol. The van der Waals surface area contributed by atoms with Crippen molar-refractivity contribution < 1.29 is 14.3 Å². The molecule has 1 saturated heterocycles. The van der Waals surface area contributed by atoms with Crippen molar-refractivity contribution in [1.29, 1.82) is 0 Å². The molecule has 1 fully saturated rings. The van der Waals surface area contributed by atoms with Crippen LogP contribution in [0.5, 0.6) is 5.75 Å². The first-order chi connectivity index (χ1) is 11.6. The van der Waals surface area contributed by atoms with Crippen molar-refractivity contribution in [2.45, 2.75) is 18.9 Å². The summed E-state index contributed by atoms with van der Waals surface area (Å²) in [5.74, 6) is -0.127. The van der Waals surface area contributed by atoms with E-state index in [1.165, 1.54) is 0 Å². The Hall–Kier alpha value is -2.83. The summed E-state index contributed by atoms with van der Waals surface area (Å²) in [6.07, 6.45) is 7.45. The second-order valence-electron chi connectivity index (χ2n) is 5.84. The van der Waals surface area contributed by atoms with Gasteiger partial charge in [-0.05, 0) is 31.0 Å². The standard InChI is InChI=1S/C17H20N4O3/c18-16(22)11-24-15-5-1-3-13(9-15)17(23)20-7-2-4-14(10-20)21-8-6-19-12-21/h1,3,5-6,8-9,12,14H,2,4,7,10-11H2,(H2,18,22). The Bertz CT molecular complexity index is 714. The first kappa shape index (κ1) is 16.0. The highest BCUT2D eigenvalue weighted by Crippen LogP contribution is 2.23. The quantitative estimate of drug-likeness (QED) is 0.893. The van der Waals surface area contributed by atoms with Gasteiger partial charge >= 0.3 is 0 Å². The highest BCUT2D eigenvalue weighted by atomic mass is 16.5. The number of hydrogen-bond donors (Lipinski definition) is 1. The van der Waals surface area contributed by atoms with Crippen molar-refractivity contribution in [1.82, 2.24) is 14.5 Å². The van der Waals surface area contributed by atoms with E-state index < -0.39 is 5.91 Å². The van der Waals surface area contributed by atoms with E-state index in [4.69, 9.17) is 10.5 Å². The number of rotatable bonds is 5. The molecule has 0 spiro atoms. The molecule has 1 aromatic carbocycles. The number of amides is 2. The molecule has 1 aliphatic rings. The molecule has 2 amide bonds. The minimum atomic E-state index is -0.550. The van der Waals surface area contributed by atoms with Crippen LogP contribution in [0.1, 0.15) is 29.2 Å². The molecule has 2 heterocycles. The largest absolute Gasteiger partial charge is 0.484 e. The van der Waals surface area contributed by atoms with E-state index in [9.17, 15) is 9.59 Å². The molecule has 0 aliphatic carbocycles. The lowest BCUT2D eigenvalue weighted by atomic mass is 10.0. The van der Waals surface area contributed by atoms with Crippen LogP contribution in [0.4, 0.5) is 0 Å². The molecule has 0 radical (unpaired) electrons. The summed E-state index contributed by atoms with van der Waals surface area (Å²) in [5.41, 5.74) is 5.61. The van der Waals surface area contributed by atoms with Crippen molar-refractivity contribution in [2.75, 3.05) is 19.7 Å². The van der Waals surface area contributed by atoms with Crippen LogP contribution in [0.15, 0.2) is 43.0 Å². The fourth-order valence-electron chi connectivity index (χ4n) is 2.92. The van der Waals surface area contributed by atoms with Crippen LogP contribution in [0.25, 0.3) is 0 Å². The Labute approximate surface area is 140 Å². The summed E-state index contributed by atoms with van der Waals surface area (Å²) in [6.45, 7) is 1.18. The second kappa shape index (κ2) is 7.16. The maximum atomic E-state index is 12.8. The molecule has 1 unspecified atom stereocenters. The Kier molecular flexibility index (Phi) is 4.79. The average Bonchev–Trinajstić information content (AvgIpc) is 3.14. The van der Waals surface area contributed by atoms with Gasteiger partial charge in [-0.15, -0.1) is 0 Å². The SMILES string of the molecule is NC(=O)COc1cccc(C(=O)N2CCCC(n3ccnc3)C2)c1. The highest BCUT2D eigenvalue weighted by molar-refractivity contribution is 5.94. The van der Waals surface area contributed by atoms with Crippen molar-refractivity contribution in [3.05, 3.63) is 48.5 Å². The molecule has 7 heteroatoms. The van der Waals surface area contributed by atoms with Gasteiger partial charge in [0.25, 0.3) is 11.8 Å². The van der Waals surface area contributed by atoms with Crippen LogP contribution < -0.4 is 10.5 Å². The number of carbonyl (C=O) groups excluding carboxylic acids is 2. The molecule has 0 bridgehead atoms. The number of carbonyl (C=O) groups is 2. The predicted molar refractivity (Wildman–Crippen MR) is 87.5 cm³/mol. The van der Waals surface area contributed by atoms with Gasteiger partial charge in [-0.1, -0.05) is 6.07 Å². The summed E-state index contributed by atoms with van der Waals surface area (Å²) in [7, 11) is 0. The molecule has 126 valence electrons. The lowest BCUT2D eigenvalue weighted by Gasteiger charge is -2.33. The lowest BCUT2D eigenvalue weighted by Crippen LogP contribution is -2.40. The van der Waals surface area contributed by atoms with E-state index in [1.807, 2.05) is 15.7 Å². The Morgan fingerprint density at radius 2 is 2.25 bits per heavy atom. The Morgan fingerprint density at radius 1 is 1.38 bits per heavy atom. The van der Waals surface area contributed by atoms with Gasteiger partial charge in [-0.2, -0.15) is 0 Å². The Morgan fingerprint density at radius 3 is 3.00 bits per heavy atom. The summed E-state index contributed by atoms with van der Waals surface area (Å²) >= 11 is 0. The van der Waals surface area contributed by atoms with E-state index in [-0.39, 0.29) is 18.6 Å². The number of ether oxygens (including phenoxy) is 1. The second-order valence-corrected chi connectivity index (χ2v) is 5.84. The number of nitrogens with zero attached hydrogens (tertiary/aromatic N) is 3. The number of primary amides is 1. The van der Waals surface area contributed by atoms with Crippen LogP contribution in [0, 0.1) is 0 Å². The van der Waals surface area contributed by atoms with Crippen molar-refractivity contribution in [3.63, 3.8) is 0 Å². The van der Waals surface area contributed by atoms with Gasteiger partial charge in [0.05, 0.1) is 12.4 Å². The van der Waals surface area contributed by atoms with Gasteiger partial charge < -0.3 is 19.9 Å². The normalized spacial score (nSPS) is 17.5. The zero-order valence-electron chi connectivity index (χ0n) is 13.3. The topological polar surface area (TPSA) is 90.5 Å². The van der Waals surface area contributed by atoms with E-state index in [1.54, 1.807) is 36.8 Å². The monoisotopic (exact) mass is 328 g/mol. The van der Waals surface area contributed by atoms with E-state index in [0.29, 0.717) is 17.9 Å². The lowest BCUT2D eigenvalue weighted by molar-refractivity contribution is -0.119. The summed E-state index contributed by atoms with van der Waals surface area (Å²) in [4.78, 5) is 29.5. The van der Waals surface area contributed by atoms with Gasteiger partial charge in [0.2, 0.25) is 0 Å². The zero-order valence-corrected chi connectivity index (χ0v) is 13.3. The minimum Gasteiger partial charge on any atom is -0.484 e. The molecule has 3 rings (SSSR count). The number of piperidine rings is 1.